The number of fused-ring (bicyclic) bond motifs is 1. The van der Waals surface area contributed by atoms with E-state index in [0.717, 1.165) is 43.7 Å². The maximum absolute atomic E-state index is 12.3. The van der Waals surface area contributed by atoms with E-state index in [-0.39, 0.29) is 12.1 Å². The standard InChI is InChI=1S/C20H22N2O2/c23-20-22(19-9-5-4-8-17(19)15-24-20)18-10-12-21(13-11-18)14-16-6-2-1-3-7-16/h1-9,18H,10-15H2. The van der Waals surface area contributed by atoms with Crippen LogP contribution in [-0.4, -0.2) is 30.1 Å². The predicted molar refractivity (Wildman–Crippen MR) is 93.8 cm³/mol. The van der Waals surface area contributed by atoms with Gasteiger partial charge in [-0.15, -0.1) is 0 Å². The monoisotopic (exact) mass is 322 g/mol. The van der Waals surface area contributed by atoms with Crippen molar-refractivity contribution < 1.29 is 9.53 Å². The highest BCUT2D eigenvalue weighted by molar-refractivity contribution is 5.91. The highest BCUT2D eigenvalue weighted by Crippen LogP contribution is 2.31. The Balaban J connectivity index is 1.43. The maximum atomic E-state index is 12.3. The van der Waals surface area contributed by atoms with Crippen LogP contribution in [-0.2, 0) is 17.9 Å². The summed E-state index contributed by atoms with van der Waals surface area (Å²) in [6, 6.07) is 18.9. The van der Waals surface area contributed by atoms with E-state index in [1.54, 1.807) is 0 Å². The second kappa shape index (κ2) is 6.65. The summed E-state index contributed by atoms with van der Waals surface area (Å²) in [5, 5.41) is 0. The van der Waals surface area contributed by atoms with Crippen molar-refractivity contribution >= 4 is 11.8 Å². The highest BCUT2D eigenvalue weighted by atomic mass is 16.6. The summed E-state index contributed by atoms with van der Waals surface area (Å²) < 4.78 is 5.37. The van der Waals surface area contributed by atoms with E-state index in [0.29, 0.717) is 6.61 Å². The largest absolute Gasteiger partial charge is 0.444 e. The van der Waals surface area contributed by atoms with Crippen LogP contribution in [0.1, 0.15) is 24.0 Å². The third kappa shape index (κ3) is 3.02. The van der Waals surface area contributed by atoms with Crippen molar-refractivity contribution in [2.75, 3.05) is 18.0 Å². The minimum absolute atomic E-state index is 0.199. The van der Waals surface area contributed by atoms with Crippen LogP contribution in [0.4, 0.5) is 10.5 Å². The summed E-state index contributed by atoms with van der Waals surface area (Å²) in [6.45, 7) is 3.38. The van der Waals surface area contributed by atoms with Crippen LogP contribution in [0, 0.1) is 0 Å². The summed E-state index contributed by atoms with van der Waals surface area (Å²) >= 11 is 0. The number of anilines is 1. The van der Waals surface area contributed by atoms with E-state index in [9.17, 15) is 4.79 Å². The molecule has 2 aliphatic heterocycles. The van der Waals surface area contributed by atoms with Gasteiger partial charge in [0, 0.05) is 31.2 Å². The number of cyclic esters (lactones) is 1. The molecule has 2 aromatic carbocycles. The van der Waals surface area contributed by atoms with Gasteiger partial charge in [0.2, 0.25) is 0 Å². The fourth-order valence-corrected chi connectivity index (χ4v) is 3.70. The molecule has 2 aliphatic rings. The summed E-state index contributed by atoms with van der Waals surface area (Å²) in [5.41, 5.74) is 3.47. The number of benzene rings is 2. The van der Waals surface area contributed by atoms with Gasteiger partial charge in [0.1, 0.15) is 6.61 Å². The molecule has 24 heavy (non-hydrogen) atoms. The normalized spacial score (nSPS) is 19.0. The van der Waals surface area contributed by atoms with Gasteiger partial charge in [-0.05, 0) is 24.5 Å². The van der Waals surface area contributed by atoms with Crippen LogP contribution in [0.25, 0.3) is 0 Å². The molecule has 4 nitrogen and oxygen atoms in total. The van der Waals surface area contributed by atoms with Crippen LogP contribution in [0.3, 0.4) is 0 Å². The molecule has 0 radical (unpaired) electrons. The average Bonchev–Trinajstić information content (AvgIpc) is 2.63. The van der Waals surface area contributed by atoms with Crippen molar-refractivity contribution in [3.63, 3.8) is 0 Å². The third-order valence-electron chi connectivity index (χ3n) is 4.97. The Morgan fingerprint density at radius 3 is 2.46 bits per heavy atom. The Morgan fingerprint density at radius 1 is 0.958 bits per heavy atom. The molecule has 0 aromatic heterocycles. The average molecular weight is 322 g/mol. The third-order valence-corrected chi connectivity index (χ3v) is 4.97. The van der Waals surface area contributed by atoms with Crippen molar-refractivity contribution in [3.05, 3.63) is 65.7 Å². The van der Waals surface area contributed by atoms with Crippen LogP contribution in [0.15, 0.2) is 54.6 Å². The van der Waals surface area contributed by atoms with Gasteiger partial charge in [-0.2, -0.15) is 0 Å². The molecule has 0 spiro atoms. The number of likely N-dealkylation sites (tertiary alicyclic amines) is 1. The zero-order valence-corrected chi connectivity index (χ0v) is 13.7. The van der Waals surface area contributed by atoms with Crippen molar-refractivity contribution in [1.82, 2.24) is 4.90 Å². The molecule has 2 aromatic rings. The summed E-state index contributed by atoms with van der Waals surface area (Å²) in [4.78, 5) is 16.7. The van der Waals surface area contributed by atoms with Crippen LogP contribution in [0.2, 0.25) is 0 Å². The Labute approximate surface area is 142 Å². The van der Waals surface area contributed by atoms with Gasteiger partial charge >= 0.3 is 6.09 Å². The smallest absolute Gasteiger partial charge is 0.414 e. The molecule has 0 bridgehead atoms. The molecule has 1 fully saturated rings. The maximum Gasteiger partial charge on any atom is 0.414 e. The molecule has 2 heterocycles. The second-order valence-electron chi connectivity index (χ2n) is 6.55. The van der Waals surface area contributed by atoms with Crippen molar-refractivity contribution in [2.45, 2.75) is 32.0 Å². The van der Waals surface area contributed by atoms with Crippen molar-refractivity contribution in [2.24, 2.45) is 0 Å². The molecule has 1 amide bonds. The number of carbonyl (C=O) groups excluding carboxylic acids is 1. The number of piperidine rings is 1. The summed E-state index contributed by atoms with van der Waals surface area (Å²) in [6.07, 6.45) is 1.77. The number of hydrogen-bond donors (Lipinski definition) is 0. The van der Waals surface area contributed by atoms with E-state index in [2.05, 4.69) is 35.2 Å². The first-order chi connectivity index (χ1) is 11.8. The van der Waals surface area contributed by atoms with Gasteiger partial charge in [-0.3, -0.25) is 9.80 Å². The zero-order valence-electron chi connectivity index (χ0n) is 13.7. The molecule has 0 unspecified atom stereocenters. The second-order valence-corrected chi connectivity index (χ2v) is 6.55. The molecule has 0 aliphatic carbocycles. The molecule has 4 rings (SSSR count). The van der Waals surface area contributed by atoms with Gasteiger partial charge in [0.25, 0.3) is 0 Å². The van der Waals surface area contributed by atoms with Crippen molar-refractivity contribution in [3.8, 4) is 0 Å². The number of ether oxygens (including phenoxy) is 1. The Kier molecular flexibility index (Phi) is 4.22. The molecule has 124 valence electrons. The lowest BCUT2D eigenvalue weighted by atomic mass is 10.0. The van der Waals surface area contributed by atoms with E-state index in [1.165, 1.54) is 5.56 Å². The lowest BCUT2D eigenvalue weighted by Crippen LogP contribution is -2.49. The first-order valence-corrected chi connectivity index (χ1v) is 8.61. The highest BCUT2D eigenvalue weighted by Gasteiger charge is 2.33. The molecule has 0 atom stereocenters. The topological polar surface area (TPSA) is 32.8 Å². The van der Waals surface area contributed by atoms with Crippen LogP contribution in [0.5, 0.6) is 0 Å². The first-order valence-electron chi connectivity index (χ1n) is 8.61. The number of nitrogens with zero attached hydrogens (tertiary/aromatic N) is 2. The minimum atomic E-state index is -0.199. The van der Waals surface area contributed by atoms with Gasteiger partial charge in [-0.25, -0.2) is 4.79 Å². The molecule has 4 heteroatoms. The number of para-hydroxylation sites is 1. The molecule has 0 N–H and O–H groups in total. The van der Waals surface area contributed by atoms with Crippen LogP contribution >= 0.6 is 0 Å². The SMILES string of the molecule is O=C1OCc2ccccc2N1C1CCN(Cc2ccccc2)CC1. The van der Waals surface area contributed by atoms with Gasteiger partial charge in [0.05, 0.1) is 5.69 Å². The number of carbonyl (C=O) groups is 1. The van der Waals surface area contributed by atoms with E-state index >= 15 is 0 Å². The first kappa shape index (κ1) is 15.2. The Morgan fingerprint density at radius 2 is 1.67 bits per heavy atom. The van der Waals surface area contributed by atoms with Gasteiger partial charge in [-0.1, -0.05) is 48.5 Å². The number of amides is 1. The van der Waals surface area contributed by atoms with E-state index < -0.39 is 0 Å². The fourth-order valence-electron chi connectivity index (χ4n) is 3.70. The summed E-state index contributed by atoms with van der Waals surface area (Å²) in [5.74, 6) is 0. The van der Waals surface area contributed by atoms with Crippen molar-refractivity contribution in [1.29, 1.82) is 0 Å². The molecule has 1 saturated heterocycles. The van der Waals surface area contributed by atoms with E-state index in [4.69, 9.17) is 4.74 Å². The predicted octanol–water partition coefficient (Wildman–Crippen LogP) is 3.81. The lowest BCUT2D eigenvalue weighted by Gasteiger charge is -2.40. The Bertz CT molecular complexity index is 709. The molecular weight excluding hydrogens is 300 g/mol. The quantitative estimate of drug-likeness (QED) is 0.861. The zero-order chi connectivity index (χ0) is 16.4. The fraction of sp³-hybridized carbons (Fsp3) is 0.350. The van der Waals surface area contributed by atoms with Crippen LogP contribution < -0.4 is 4.90 Å². The molecule has 0 saturated carbocycles. The summed E-state index contributed by atoms with van der Waals surface area (Å²) in [7, 11) is 0. The minimum Gasteiger partial charge on any atom is -0.444 e. The lowest BCUT2D eigenvalue weighted by molar-refractivity contribution is 0.131. The number of hydrogen-bond acceptors (Lipinski definition) is 3. The van der Waals surface area contributed by atoms with Gasteiger partial charge in [0.15, 0.2) is 0 Å². The van der Waals surface area contributed by atoms with E-state index in [1.807, 2.05) is 29.2 Å². The molecular formula is C20H22N2O2. The number of rotatable bonds is 3. The van der Waals surface area contributed by atoms with Gasteiger partial charge < -0.3 is 4.74 Å². The Hall–Kier alpha value is -2.33.